The zero-order valence-electron chi connectivity index (χ0n) is 16.5. The van der Waals surface area contributed by atoms with Gasteiger partial charge in [0.15, 0.2) is 11.5 Å². The van der Waals surface area contributed by atoms with Gasteiger partial charge in [-0.2, -0.15) is 0 Å². The van der Waals surface area contributed by atoms with Crippen molar-refractivity contribution >= 4 is 11.9 Å². The smallest absolute Gasteiger partial charge is 0.309 e. The third-order valence-electron chi connectivity index (χ3n) is 6.10. The van der Waals surface area contributed by atoms with Crippen LogP contribution in [0.3, 0.4) is 0 Å². The van der Waals surface area contributed by atoms with Crippen molar-refractivity contribution in [2.24, 2.45) is 11.8 Å². The van der Waals surface area contributed by atoms with E-state index in [1.165, 1.54) is 25.0 Å². The third kappa shape index (κ3) is 4.21. The van der Waals surface area contributed by atoms with E-state index < -0.39 is 35.5 Å². The highest BCUT2D eigenvalue weighted by atomic mass is 19.1. The van der Waals surface area contributed by atoms with Crippen LogP contribution in [0.25, 0.3) is 11.3 Å². The number of benzene rings is 1. The number of piperidine rings is 1. The van der Waals surface area contributed by atoms with Crippen LogP contribution in [0.1, 0.15) is 36.7 Å². The number of halogens is 2. The molecule has 3 atom stereocenters. The van der Waals surface area contributed by atoms with Crippen molar-refractivity contribution in [2.45, 2.75) is 38.3 Å². The van der Waals surface area contributed by atoms with Crippen molar-refractivity contribution in [1.29, 1.82) is 0 Å². The zero-order chi connectivity index (χ0) is 21.4. The van der Waals surface area contributed by atoms with Gasteiger partial charge in [0.05, 0.1) is 11.5 Å². The second-order valence-electron chi connectivity index (χ2n) is 8.09. The van der Waals surface area contributed by atoms with Crippen LogP contribution < -0.4 is 5.32 Å². The fourth-order valence-electron chi connectivity index (χ4n) is 4.09. The summed E-state index contributed by atoms with van der Waals surface area (Å²) in [5, 5.41) is 16.1. The quantitative estimate of drug-likeness (QED) is 0.748. The Balaban J connectivity index is 1.44. The number of nitrogens with zero attached hydrogens (tertiary/aromatic N) is 2. The van der Waals surface area contributed by atoms with Crippen molar-refractivity contribution in [3.63, 3.8) is 0 Å². The lowest BCUT2D eigenvalue weighted by Gasteiger charge is -2.40. The van der Waals surface area contributed by atoms with Crippen LogP contribution in [0, 0.1) is 23.5 Å². The lowest BCUT2D eigenvalue weighted by molar-refractivity contribution is -0.145. The number of carbonyl (C=O) groups is 2. The molecule has 160 valence electrons. The Morgan fingerprint density at radius 2 is 2.03 bits per heavy atom. The molecule has 1 aromatic carbocycles. The molecule has 1 aliphatic heterocycles. The van der Waals surface area contributed by atoms with Crippen LogP contribution in [0.5, 0.6) is 0 Å². The van der Waals surface area contributed by atoms with E-state index in [0.29, 0.717) is 37.5 Å². The highest BCUT2D eigenvalue weighted by molar-refractivity contribution is 5.93. The number of hydrogen-bond acceptors (Lipinski definition) is 5. The lowest BCUT2D eigenvalue weighted by Crippen LogP contribution is -2.55. The number of amides is 1. The van der Waals surface area contributed by atoms with Gasteiger partial charge in [0.2, 0.25) is 0 Å². The molecule has 1 amide bonds. The monoisotopic (exact) mass is 419 g/mol. The summed E-state index contributed by atoms with van der Waals surface area (Å²) in [5.41, 5.74) is -0.111. The minimum absolute atomic E-state index is 0.0134. The Labute approximate surface area is 172 Å². The van der Waals surface area contributed by atoms with E-state index in [0.717, 1.165) is 6.07 Å². The SMILES string of the molecule is CC(C1CC1)N1CC[C@H](NC(=O)c2cc(-c3ccc(F)cc3F)on2)[C@@H](C(=O)O)C1. The summed E-state index contributed by atoms with van der Waals surface area (Å²) >= 11 is 0. The Kier molecular flexibility index (Phi) is 5.55. The van der Waals surface area contributed by atoms with Gasteiger partial charge in [-0.1, -0.05) is 5.16 Å². The molecule has 1 saturated carbocycles. The molecule has 30 heavy (non-hydrogen) atoms. The number of rotatable bonds is 6. The van der Waals surface area contributed by atoms with Gasteiger partial charge in [0.25, 0.3) is 5.91 Å². The molecule has 9 heteroatoms. The van der Waals surface area contributed by atoms with E-state index in [1.54, 1.807) is 0 Å². The normalized spacial score (nSPS) is 23.2. The number of nitrogens with one attached hydrogen (secondary N) is 1. The Morgan fingerprint density at radius 3 is 2.70 bits per heavy atom. The van der Waals surface area contributed by atoms with Crippen LogP contribution in [-0.4, -0.2) is 52.2 Å². The average Bonchev–Trinajstić information content (AvgIpc) is 3.44. The maximum atomic E-state index is 13.9. The summed E-state index contributed by atoms with van der Waals surface area (Å²) in [7, 11) is 0. The summed E-state index contributed by atoms with van der Waals surface area (Å²) in [6.45, 7) is 3.21. The minimum atomic E-state index is -0.956. The average molecular weight is 419 g/mol. The first-order valence-electron chi connectivity index (χ1n) is 10.0. The van der Waals surface area contributed by atoms with Crippen molar-refractivity contribution in [2.75, 3.05) is 13.1 Å². The first-order chi connectivity index (χ1) is 14.3. The fourth-order valence-corrected chi connectivity index (χ4v) is 4.09. The van der Waals surface area contributed by atoms with Gasteiger partial charge in [0.1, 0.15) is 11.6 Å². The molecule has 0 spiro atoms. The highest BCUT2D eigenvalue weighted by Gasteiger charge is 2.40. The lowest BCUT2D eigenvalue weighted by atomic mass is 9.90. The summed E-state index contributed by atoms with van der Waals surface area (Å²) in [6, 6.07) is 4.04. The largest absolute Gasteiger partial charge is 0.481 e. The number of aromatic nitrogens is 1. The second kappa shape index (κ2) is 8.14. The molecule has 2 aromatic rings. The van der Waals surface area contributed by atoms with E-state index >= 15 is 0 Å². The van der Waals surface area contributed by atoms with Crippen molar-refractivity contribution in [3.8, 4) is 11.3 Å². The highest BCUT2D eigenvalue weighted by Crippen LogP contribution is 2.36. The van der Waals surface area contributed by atoms with E-state index in [1.807, 2.05) is 0 Å². The van der Waals surface area contributed by atoms with E-state index in [-0.39, 0.29) is 17.0 Å². The number of carboxylic acids is 1. The van der Waals surface area contributed by atoms with Crippen molar-refractivity contribution in [1.82, 2.24) is 15.4 Å². The van der Waals surface area contributed by atoms with Crippen LogP contribution in [-0.2, 0) is 4.79 Å². The first kappa shape index (κ1) is 20.5. The molecular weight excluding hydrogens is 396 g/mol. The molecule has 0 bridgehead atoms. The summed E-state index contributed by atoms with van der Waals surface area (Å²) in [4.78, 5) is 26.6. The van der Waals surface area contributed by atoms with Gasteiger partial charge in [0, 0.05) is 37.3 Å². The molecule has 2 heterocycles. The predicted molar refractivity (Wildman–Crippen MR) is 103 cm³/mol. The molecule has 7 nitrogen and oxygen atoms in total. The number of aliphatic carboxylic acids is 1. The summed E-state index contributed by atoms with van der Waals surface area (Å²) in [5.74, 6) is -3.22. The molecular formula is C21H23F2N3O4. The van der Waals surface area contributed by atoms with Gasteiger partial charge in [-0.05, 0) is 44.2 Å². The molecule has 1 aromatic heterocycles. The van der Waals surface area contributed by atoms with Gasteiger partial charge in [-0.25, -0.2) is 8.78 Å². The Morgan fingerprint density at radius 1 is 1.27 bits per heavy atom. The maximum Gasteiger partial charge on any atom is 0.309 e. The molecule has 2 aliphatic rings. The van der Waals surface area contributed by atoms with E-state index in [9.17, 15) is 23.5 Å². The molecule has 1 unspecified atom stereocenters. The minimum Gasteiger partial charge on any atom is -0.481 e. The molecule has 0 radical (unpaired) electrons. The number of likely N-dealkylation sites (tertiary alicyclic amines) is 1. The predicted octanol–water partition coefficient (Wildman–Crippen LogP) is 2.92. The standard InChI is InChI=1S/C21H23F2N3O4/c1-11(12-2-3-12)26-7-6-17(15(10-26)21(28)29)24-20(27)18-9-19(30-25-18)14-5-4-13(22)8-16(14)23/h4-5,8-9,11-12,15,17H,2-3,6-7,10H2,1H3,(H,24,27)(H,28,29)/t11?,15-,17-/m0/s1. The van der Waals surface area contributed by atoms with E-state index in [4.69, 9.17) is 4.52 Å². The molecule has 2 fully saturated rings. The summed E-state index contributed by atoms with van der Waals surface area (Å²) in [6.07, 6.45) is 2.87. The van der Waals surface area contributed by atoms with Crippen LogP contribution in [0.2, 0.25) is 0 Å². The topological polar surface area (TPSA) is 95.7 Å². The van der Waals surface area contributed by atoms with Crippen LogP contribution in [0.4, 0.5) is 8.78 Å². The van der Waals surface area contributed by atoms with Gasteiger partial charge in [-0.15, -0.1) is 0 Å². The molecule has 2 N–H and O–H groups in total. The summed E-state index contributed by atoms with van der Waals surface area (Å²) < 4.78 is 32.0. The second-order valence-corrected chi connectivity index (χ2v) is 8.09. The number of carbonyl (C=O) groups excluding carboxylic acids is 1. The third-order valence-corrected chi connectivity index (χ3v) is 6.10. The van der Waals surface area contributed by atoms with E-state index in [2.05, 4.69) is 22.3 Å². The van der Waals surface area contributed by atoms with Crippen molar-refractivity contribution < 1.29 is 28.0 Å². The van der Waals surface area contributed by atoms with Crippen LogP contribution >= 0.6 is 0 Å². The first-order valence-corrected chi connectivity index (χ1v) is 10.0. The molecule has 1 aliphatic carbocycles. The maximum absolute atomic E-state index is 13.9. The number of hydrogen-bond donors (Lipinski definition) is 2. The fraction of sp³-hybridized carbons (Fsp3) is 0.476. The van der Waals surface area contributed by atoms with Crippen molar-refractivity contribution in [3.05, 3.63) is 41.6 Å². The number of carboxylic acid groups (broad SMARTS) is 1. The Hall–Kier alpha value is -2.81. The zero-order valence-corrected chi connectivity index (χ0v) is 16.5. The Bertz CT molecular complexity index is 959. The van der Waals surface area contributed by atoms with Gasteiger partial charge < -0.3 is 14.9 Å². The van der Waals surface area contributed by atoms with Gasteiger partial charge in [-0.3, -0.25) is 14.5 Å². The van der Waals surface area contributed by atoms with Crippen LogP contribution in [0.15, 0.2) is 28.8 Å². The molecule has 1 saturated heterocycles. The molecule has 4 rings (SSSR count). The van der Waals surface area contributed by atoms with Gasteiger partial charge >= 0.3 is 5.97 Å².